The maximum Gasteiger partial charge on any atom is 0.306 e. The number of amides is 1. The summed E-state index contributed by atoms with van der Waals surface area (Å²) in [7, 11) is 0. The van der Waals surface area contributed by atoms with E-state index in [1.807, 2.05) is 12.2 Å². The first-order valence-electron chi connectivity index (χ1n) is 7.33. The number of nitrogens with one attached hydrogen (secondary N) is 1. The number of benzene rings is 1. The van der Waals surface area contributed by atoms with Gasteiger partial charge in [0.25, 0.3) is 11.6 Å². The Labute approximate surface area is 133 Å². The van der Waals surface area contributed by atoms with Crippen LogP contribution >= 0.6 is 0 Å². The molecule has 122 valence electrons. The minimum Gasteiger partial charge on any atom is -0.456 e. The summed E-state index contributed by atoms with van der Waals surface area (Å²) < 4.78 is 4.95. The van der Waals surface area contributed by atoms with Crippen LogP contribution in [0.3, 0.4) is 0 Å². The van der Waals surface area contributed by atoms with Crippen molar-refractivity contribution in [2.75, 3.05) is 11.9 Å². The number of aryl methyl sites for hydroxylation is 1. The minimum atomic E-state index is -0.502. The highest BCUT2D eigenvalue weighted by Gasteiger charge is 2.16. The minimum absolute atomic E-state index is 0.0449. The first kappa shape index (κ1) is 16.7. The summed E-state index contributed by atoms with van der Waals surface area (Å²) in [4.78, 5) is 33.6. The monoisotopic (exact) mass is 318 g/mol. The van der Waals surface area contributed by atoms with Crippen molar-refractivity contribution in [2.45, 2.75) is 26.2 Å². The van der Waals surface area contributed by atoms with Crippen LogP contribution in [0.25, 0.3) is 0 Å². The predicted octanol–water partition coefficient (Wildman–Crippen LogP) is 2.74. The van der Waals surface area contributed by atoms with Gasteiger partial charge in [0.2, 0.25) is 0 Å². The van der Waals surface area contributed by atoms with Gasteiger partial charge in [-0.3, -0.25) is 19.7 Å². The molecule has 0 unspecified atom stereocenters. The average Bonchev–Trinajstić information content (AvgIpc) is 3.00. The fourth-order valence-corrected chi connectivity index (χ4v) is 2.37. The molecule has 0 bridgehead atoms. The van der Waals surface area contributed by atoms with Crippen LogP contribution in [0.15, 0.2) is 30.4 Å². The van der Waals surface area contributed by atoms with Gasteiger partial charge >= 0.3 is 5.97 Å². The highest BCUT2D eigenvalue weighted by atomic mass is 16.6. The maximum absolute atomic E-state index is 11.8. The van der Waals surface area contributed by atoms with Crippen LogP contribution in [0.1, 0.15) is 24.8 Å². The summed E-state index contributed by atoms with van der Waals surface area (Å²) in [5, 5.41) is 13.2. The molecule has 0 fully saturated rings. The van der Waals surface area contributed by atoms with Gasteiger partial charge in [0, 0.05) is 17.8 Å². The molecule has 0 aliphatic heterocycles. The Balaban J connectivity index is 1.81. The molecule has 1 aromatic rings. The highest BCUT2D eigenvalue weighted by Crippen LogP contribution is 2.22. The van der Waals surface area contributed by atoms with Crippen molar-refractivity contribution in [3.63, 3.8) is 0 Å². The van der Waals surface area contributed by atoms with Crippen molar-refractivity contribution in [2.24, 2.45) is 5.92 Å². The van der Waals surface area contributed by atoms with E-state index in [4.69, 9.17) is 4.74 Å². The summed E-state index contributed by atoms with van der Waals surface area (Å²) in [5.41, 5.74) is 0.974. The number of carbonyl (C=O) groups is 2. The van der Waals surface area contributed by atoms with Crippen LogP contribution in [-0.2, 0) is 14.3 Å². The molecule has 0 saturated heterocycles. The first-order chi connectivity index (χ1) is 11.0. The van der Waals surface area contributed by atoms with Crippen molar-refractivity contribution in [1.82, 2.24) is 0 Å². The van der Waals surface area contributed by atoms with Crippen LogP contribution in [0.4, 0.5) is 11.4 Å². The van der Waals surface area contributed by atoms with E-state index in [1.165, 1.54) is 18.2 Å². The predicted molar refractivity (Wildman–Crippen MR) is 83.9 cm³/mol. The third-order valence-electron chi connectivity index (χ3n) is 3.60. The molecular weight excluding hydrogens is 300 g/mol. The molecule has 2 rings (SSSR count). The lowest BCUT2D eigenvalue weighted by Gasteiger charge is -2.10. The number of hydrogen-bond donors (Lipinski definition) is 1. The van der Waals surface area contributed by atoms with Gasteiger partial charge in [0.15, 0.2) is 6.61 Å². The average molecular weight is 318 g/mol. The maximum atomic E-state index is 11.8. The summed E-state index contributed by atoms with van der Waals surface area (Å²) >= 11 is 0. The van der Waals surface area contributed by atoms with Crippen LogP contribution < -0.4 is 5.32 Å². The topological polar surface area (TPSA) is 98.5 Å². The molecule has 7 nitrogen and oxygen atoms in total. The third kappa shape index (κ3) is 4.91. The third-order valence-corrected chi connectivity index (χ3v) is 3.60. The van der Waals surface area contributed by atoms with E-state index in [1.54, 1.807) is 6.92 Å². The van der Waals surface area contributed by atoms with Crippen molar-refractivity contribution >= 4 is 23.3 Å². The molecule has 0 spiro atoms. The number of hydrogen-bond acceptors (Lipinski definition) is 5. The number of carbonyl (C=O) groups excluding carboxylic acids is 2. The summed E-state index contributed by atoms with van der Waals surface area (Å²) in [5.74, 6) is -0.683. The number of nitro groups is 1. The number of nitrogens with zero attached hydrogens (tertiary/aromatic N) is 1. The lowest BCUT2D eigenvalue weighted by molar-refractivity contribution is -0.384. The van der Waals surface area contributed by atoms with E-state index >= 15 is 0 Å². The smallest absolute Gasteiger partial charge is 0.306 e. The Morgan fingerprint density at radius 2 is 2.22 bits per heavy atom. The lowest BCUT2D eigenvalue weighted by Crippen LogP contribution is -2.22. The molecule has 1 N–H and O–H groups in total. The fraction of sp³-hybridized carbons (Fsp3) is 0.375. The van der Waals surface area contributed by atoms with E-state index in [0.29, 0.717) is 11.3 Å². The first-order valence-corrected chi connectivity index (χ1v) is 7.33. The van der Waals surface area contributed by atoms with Crippen LogP contribution in [0.2, 0.25) is 0 Å². The molecule has 0 aromatic heterocycles. The zero-order valence-electron chi connectivity index (χ0n) is 12.8. The standard InChI is InChI=1S/C16H18N2O5/c1-11-8-13(18(21)22)6-7-14(11)17-15(19)10-23-16(20)9-12-4-2-3-5-12/h2,4,6-8,12H,3,5,9-10H2,1H3,(H,17,19)/t12-/m0/s1. The highest BCUT2D eigenvalue weighted by molar-refractivity contribution is 5.93. The Morgan fingerprint density at radius 1 is 1.43 bits per heavy atom. The van der Waals surface area contributed by atoms with Gasteiger partial charge in [-0.25, -0.2) is 0 Å². The van der Waals surface area contributed by atoms with Crippen LogP contribution in [-0.4, -0.2) is 23.4 Å². The van der Waals surface area contributed by atoms with Crippen LogP contribution in [0, 0.1) is 23.0 Å². The number of non-ortho nitro benzene ring substituents is 1. The number of esters is 1. The second-order valence-corrected chi connectivity index (χ2v) is 5.43. The normalized spacial score (nSPS) is 16.1. The van der Waals surface area contributed by atoms with Crippen LogP contribution in [0.5, 0.6) is 0 Å². The molecule has 1 aliphatic rings. The van der Waals surface area contributed by atoms with Gasteiger partial charge in [-0.05, 0) is 37.3 Å². The van der Waals surface area contributed by atoms with Gasteiger partial charge in [0.1, 0.15) is 0 Å². The van der Waals surface area contributed by atoms with Crippen molar-refractivity contribution in [1.29, 1.82) is 0 Å². The second kappa shape index (κ2) is 7.53. The largest absolute Gasteiger partial charge is 0.456 e. The van der Waals surface area contributed by atoms with Gasteiger partial charge in [-0.1, -0.05) is 12.2 Å². The zero-order chi connectivity index (χ0) is 16.8. The van der Waals surface area contributed by atoms with Gasteiger partial charge in [0.05, 0.1) is 11.3 Å². The Bertz CT molecular complexity index is 654. The number of rotatable bonds is 6. The molecule has 7 heteroatoms. The molecule has 1 aliphatic carbocycles. The summed E-state index contributed by atoms with van der Waals surface area (Å²) in [6, 6.07) is 4.13. The van der Waals surface area contributed by atoms with E-state index in [-0.39, 0.29) is 24.6 Å². The van der Waals surface area contributed by atoms with Crippen molar-refractivity contribution in [3.8, 4) is 0 Å². The molecule has 0 radical (unpaired) electrons. The molecule has 1 atom stereocenters. The Kier molecular flexibility index (Phi) is 5.46. The van der Waals surface area contributed by atoms with E-state index in [2.05, 4.69) is 5.32 Å². The van der Waals surface area contributed by atoms with E-state index in [0.717, 1.165) is 12.8 Å². The SMILES string of the molecule is Cc1cc([N+](=O)[O-])ccc1NC(=O)COC(=O)C[C@H]1C=CCC1. The van der Waals surface area contributed by atoms with Crippen molar-refractivity contribution in [3.05, 3.63) is 46.0 Å². The second-order valence-electron chi connectivity index (χ2n) is 5.43. The summed E-state index contributed by atoms with van der Waals surface area (Å²) in [6.07, 6.45) is 6.20. The molecule has 1 amide bonds. The molecule has 1 aromatic carbocycles. The zero-order valence-corrected chi connectivity index (χ0v) is 12.8. The quantitative estimate of drug-likeness (QED) is 0.376. The molecule has 0 heterocycles. The van der Waals surface area contributed by atoms with Gasteiger partial charge in [-0.2, -0.15) is 0 Å². The Hall–Kier alpha value is -2.70. The molecular formula is C16H18N2O5. The van der Waals surface area contributed by atoms with Crippen molar-refractivity contribution < 1.29 is 19.2 Å². The number of nitro benzene ring substituents is 1. The number of allylic oxidation sites excluding steroid dienone is 2. The van der Waals surface area contributed by atoms with Gasteiger partial charge in [-0.15, -0.1) is 0 Å². The Morgan fingerprint density at radius 3 is 2.83 bits per heavy atom. The number of anilines is 1. The lowest BCUT2D eigenvalue weighted by atomic mass is 10.1. The fourth-order valence-electron chi connectivity index (χ4n) is 2.37. The van der Waals surface area contributed by atoms with E-state index < -0.39 is 16.8 Å². The molecule has 23 heavy (non-hydrogen) atoms. The number of ether oxygens (including phenoxy) is 1. The van der Waals surface area contributed by atoms with Gasteiger partial charge < -0.3 is 10.1 Å². The molecule has 0 saturated carbocycles. The summed E-state index contributed by atoms with van der Waals surface area (Å²) in [6.45, 7) is 1.28. The van der Waals surface area contributed by atoms with E-state index in [9.17, 15) is 19.7 Å².